The molecular weight excluding hydrogens is 234 g/mol. The molecule has 0 heterocycles. The normalized spacial score (nSPS) is 23.8. The monoisotopic (exact) mass is 257 g/mol. The lowest BCUT2D eigenvalue weighted by Crippen LogP contribution is -2.35. The zero-order chi connectivity index (χ0) is 13.7. The quantitative estimate of drug-likeness (QED) is 0.686. The van der Waals surface area contributed by atoms with Crippen LogP contribution in [0.25, 0.3) is 0 Å². The van der Waals surface area contributed by atoms with Crippen molar-refractivity contribution < 1.29 is 19.4 Å². The van der Waals surface area contributed by atoms with Crippen LogP contribution >= 0.6 is 0 Å². The average molecular weight is 257 g/mol. The molecule has 1 amide bonds. The average Bonchev–Trinajstić information content (AvgIpc) is 3.03. The molecule has 0 aromatic rings. The summed E-state index contributed by atoms with van der Waals surface area (Å²) >= 11 is 0. The van der Waals surface area contributed by atoms with E-state index in [1.807, 2.05) is 20.8 Å². The summed E-state index contributed by atoms with van der Waals surface area (Å²) in [6.45, 7) is 6.67. The number of carboxylic acid groups (broad SMARTS) is 1. The Morgan fingerprint density at radius 3 is 2.61 bits per heavy atom. The van der Waals surface area contributed by atoms with E-state index in [0.717, 1.165) is 6.42 Å². The molecule has 0 aromatic heterocycles. The molecule has 0 spiro atoms. The van der Waals surface area contributed by atoms with Crippen molar-refractivity contribution in [3.05, 3.63) is 0 Å². The SMILES string of the molecule is CCOC1CC1C(=O)NCC(CC(C)C)C(=O)O. The third kappa shape index (κ3) is 4.64. The number of carbonyl (C=O) groups is 2. The second kappa shape index (κ2) is 6.73. The van der Waals surface area contributed by atoms with Gasteiger partial charge in [-0.05, 0) is 25.7 Å². The first-order valence-corrected chi connectivity index (χ1v) is 6.57. The molecule has 0 radical (unpaired) electrons. The Kier molecular flexibility index (Phi) is 5.59. The maximum Gasteiger partial charge on any atom is 0.308 e. The molecule has 1 aliphatic carbocycles. The van der Waals surface area contributed by atoms with Gasteiger partial charge in [-0.1, -0.05) is 13.8 Å². The van der Waals surface area contributed by atoms with Gasteiger partial charge in [0.1, 0.15) is 0 Å². The molecule has 5 nitrogen and oxygen atoms in total. The van der Waals surface area contributed by atoms with Crippen molar-refractivity contribution in [2.24, 2.45) is 17.8 Å². The molecule has 1 fully saturated rings. The van der Waals surface area contributed by atoms with E-state index in [2.05, 4.69) is 5.32 Å². The van der Waals surface area contributed by atoms with Crippen molar-refractivity contribution in [2.45, 2.75) is 39.7 Å². The Hall–Kier alpha value is -1.10. The van der Waals surface area contributed by atoms with E-state index >= 15 is 0 Å². The summed E-state index contributed by atoms with van der Waals surface area (Å²) in [6.07, 6.45) is 1.36. The minimum absolute atomic E-state index is 0.0309. The van der Waals surface area contributed by atoms with Gasteiger partial charge in [-0.2, -0.15) is 0 Å². The summed E-state index contributed by atoms with van der Waals surface area (Å²) in [4.78, 5) is 22.7. The first-order chi connectivity index (χ1) is 8.45. The molecule has 18 heavy (non-hydrogen) atoms. The number of ether oxygens (including phenoxy) is 1. The molecule has 3 atom stereocenters. The Morgan fingerprint density at radius 1 is 1.44 bits per heavy atom. The minimum Gasteiger partial charge on any atom is -0.481 e. The Balaban J connectivity index is 2.30. The zero-order valence-corrected chi connectivity index (χ0v) is 11.3. The van der Waals surface area contributed by atoms with Gasteiger partial charge in [0.25, 0.3) is 0 Å². The lowest BCUT2D eigenvalue weighted by molar-refractivity contribution is -0.142. The Bertz CT molecular complexity index is 303. The van der Waals surface area contributed by atoms with Crippen LogP contribution in [0.4, 0.5) is 0 Å². The number of hydrogen-bond donors (Lipinski definition) is 2. The van der Waals surface area contributed by atoms with Gasteiger partial charge >= 0.3 is 5.97 Å². The Morgan fingerprint density at radius 2 is 2.11 bits per heavy atom. The molecule has 0 bridgehead atoms. The van der Waals surface area contributed by atoms with Gasteiger partial charge < -0.3 is 15.2 Å². The lowest BCUT2D eigenvalue weighted by Gasteiger charge is -2.15. The molecule has 104 valence electrons. The number of rotatable bonds is 8. The van der Waals surface area contributed by atoms with E-state index in [1.165, 1.54) is 0 Å². The second-order valence-electron chi connectivity index (χ2n) is 5.25. The van der Waals surface area contributed by atoms with Gasteiger partial charge in [0.15, 0.2) is 0 Å². The lowest BCUT2D eigenvalue weighted by atomic mass is 9.97. The van der Waals surface area contributed by atoms with Crippen LogP contribution in [0.2, 0.25) is 0 Å². The van der Waals surface area contributed by atoms with E-state index in [9.17, 15) is 9.59 Å². The fourth-order valence-electron chi connectivity index (χ4n) is 2.04. The fraction of sp³-hybridized carbons (Fsp3) is 0.846. The van der Waals surface area contributed by atoms with Crippen LogP contribution in [-0.2, 0) is 14.3 Å². The highest BCUT2D eigenvalue weighted by atomic mass is 16.5. The highest BCUT2D eigenvalue weighted by Gasteiger charge is 2.44. The van der Waals surface area contributed by atoms with Crippen molar-refractivity contribution in [3.63, 3.8) is 0 Å². The third-order valence-electron chi connectivity index (χ3n) is 3.08. The highest BCUT2D eigenvalue weighted by molar-refractivity contribution is 5.82. The van der Waals surface area contributed by atoms with E-state index < -0.39 is 11.9 Å². The summed E-state index contributed by atoms with van der Waals surface area (Å²) < 4.78 is 5.33. The molecule has 3 unspecified atom stereocenters. The summed E-state index contributed by atoms with van der Waals surface area (Å²) in [5, 5.41) is 11.8. The number of carboxylic acids is 1. The van der Waals surface area contributed by atoms with E-state index in [4.69, 9.17) is 9.84 Å². The molecule has 1 saturated carbocycles. The van der Waals surface area contributed by atoms with Crippen LogP contribution in [0.3, 0.4) is 0 Å². The zero-order valence-electron chi connectivity index (χ0n) is 11.3. The number of hydrogen-bond acceptors (Lipinski definition) is 3. The first-order valence-electron chi connectivity index (χ1n) is 6.57. The number of amides is 1. The second-order valence-corrected chi connectivity index (χ2v) is 5.25. The molecule has 0 aliphatic heterocycles. The number of nitrogens with one attached hydrogen (secondary N) is 1. The van der Waals surface area contributed by atoms with Gasteiger partial charge in [0, 0.05) is 13.2 Å². The van der Waals surface area contributed by atoms with Gasteiger partial charge in [0.2, 0.25) is 5.91 Å². The van der Waals surface area contributed by atoms with Crippen LogP contribution in [0.1, 0.15) is 33.6 Å². The molecule has 0 aromatic carbocycles. The van der Waals surface area contributed by atoms with Crippen molar-refractivity contribution in [3.8, 4) is 0 Å². The maximum atomic E-state index is 11.7. The predicted molar refractivity (Wildman–Crippen MR) is 67.1 cm³/mol. The van der Waals surface area contributed by atoms with Crippen LogP contribution in [0.5, 0.6) is 0 Å². The van der Waals surface area contributed by atoms with Crippen molar-refractivity contribution >= 4 is 11.9 Å². The van der Waals surface area contributed by atoms with Crippen LogP contribution in [0.15, 0.2) is 0 Å². The molecular formula is C13H23NO4. The third-order valence-corrected chi connectivity index (χ3v) is 3.08. The molecule has 1 rings (SSSR count). The van der Waals surface area contributed by atoms with Gasteiger partial charge in [0.05, 0.1) is 17.9 Å². The summed E-state index contributed by atoms with van der Waals surface area (Å²) in [5.41, 5.74) is 0. The van der Waals surface area contributed by atoms with Crippen molar-refractivity contribution in [1.82, 2.24) is 5.32 Å². The van der Waals surface area contributed by atoms with E-state index in [-0.39, 0.29) is 24.5 Å². The van der Waals surface area contributed by atoms with Crippen molar-refractivity contribution in [2.75, 3.05) is 13.2 Å². The van der Waals surface area contributed by atoms with Gasteiger partial charge in [-0.3, -0.25) is 9.59 Å². The molecule has 1 aliphatic rings. The fourth-order valence-corrected chi connectivity index (χ4v) is 2.04. The smallest absolute Gasteiger partial charge is 0.308 e. The summed E-state index contributed by atoms with van der Waals surface area (Å²) in [6, 6.07) is 0. The number of carbonyl (C=O) groups excluding carboxylic acids is 1. The van der Waals surface area contributed by atoms with Crippen molar-refractivity contribution in [1.29, 1.82) is 0 Å². The van der Waals surface area contributed by atoms with Crippen LogP contribution in [0, 0.1) is 17.8 Å². The maximum absolute atomic E-state index is 11.7. The van der Waals surface area contributed by atoms with Crippen LogP contribution in [-0.4, -0.2) is 36.2 Å². The minimum atomic E-state index is -0.846. The molecule has 0 saturated heterocycles. The first kappa shape index (κ1) is 15.0. The number of aliphatic carboxylic acids is 1. The summed E-state index contributed by atoms with van der Waals surface area (Å²) in [7, 11) is 0. The standard InChI is InChI=1S/C13H23NO4/c1-4-18-11-6-10(11)12(15)14-7-9(13(16)17)5-8(2)3/h8-11H,4-7H2,1-3H3,(H,14,15)(H,16,17). The molecule has 2 N–H and O–H groups in total. The van der Waals surface area contributed by atoms with Crippen LogP contribution < -0.4 is 5.32 Å². The highest BCUT2D eigenvalue weighted by Crippen LogP contribution is 2.33. The molecule has 5 heteroatoms. The van der Waals surface area contributed by atoms with Gasteiger partial charge in [-0.25, -0.2) is 0 Å². The van der Waals surface area contributed by atoms with Gasteiger partial charge in [-0.15, -0.1) is 0 Å². The summed E-state index contributed by atoms with van der Waals surface area (Å²) in [5.74, 6) is -1.21. The largest absolute Gasteiger partial charge is 0.481 e. The predicted octanol–water partition coefficient (Wildman–Crippen LogP) is 1.27. The van der Waals surface area contributed by atoms with E-state index in [1.54, 1.807) is 0 Å². The topological polar surface area (TPSA) is 75.6 Å². The Labute approximate surface area is 108 Å². The van der Waals surface area contributed by atoms with E-state index in [0.29, 0.717) is 18.9 Å².